The van der Waals surface area contributed by atoms with Crippen LogP contribution in [0.4, 0.5) is 0 Å². The molecule has 0 atom stereocenters. The number of benzene rings is 4. The average Bonchev–Trinajstić information content (AvgIpc) is 3.04. The van der Waals surface area contributed by atoms with Crippen LogP contribution >= 0.6 is 0 Å². The molecule has 4 aromatic carbocycles. The maximum Gasteiger partial charge on any atom is 0.120 e. The SMILES string of the molecule is OCc1cc(CO)cc(OCc2cc(COc3cc(CO)cc(CO)c3)cc(COc3cc(CO)cc(CO)c3)c2)c1. The van der Waals surface area contributed by atoms with Crippen LogP contribution in [-0.2, 0) is 59.5 Å². The van der Waals surface area contributed by atoms with E-state index in [0.717, 1.165) is 16.7 Å². The van der Waals surface area contributed by atoms with Crippen molar-refractivity contribution in [3.8, 4) is 17.2 Å². The molecular formula is C33H36O9. The summed E-state index contributed by atoms with van der Waals surface area (Å²) in [6.45, 7) is -0.468. The van der Waals surface area contributed by atoms with Gasteiger partial charge in [0.2, 0.25) is 0 Å². The lowest BCUT2D eigenvalue weighted by atomic mass is 10.1. The van der Waals surface area contributed by atoms with E-state index in [1.165, 1.54) is 0 Å². The van der Waals surface area contributed by atoms with E-state index >= 15 is 0 Å². The monoisotopic (exact) mass is 576 g/mol. The zero-order chi connectivity index (χ0) is 29.9. The van der Waals surface area contributed by atoms with Crippen molar-refractivity contribution in [1.82, 2.24) is 0 Å². The van der Waals surface area contributed by atoms with Gasteiger partial charge in [0.25, 0.3) is 0 Å². The highest BCUT2D eigenvalue weighted by molar-refractivity contribution is 5.38. The summed E-state index contributed by atoms with van der Waals surface area (Å²) in [7, 11) is 0. The Kier molecular flexibility index (Phi) is 11.3. The Morgan fingerprint density at radius 1 is 0.286 bits per heavy atom. The molecule has 9 nitrogen and oxygen atoms in total. The third-order valence-corrected chi connectivity index (χ3v) is 6.50. The maximum absolute atomic E-state index is 9.56. The van der Waals surface area contributed by atoms with Crippen molar-refractivity contribution in [2.75, 3.05) is 0 Å². The fourth-order valence-corrected chi connectivity index (χ4v) is 4.57. The van der Waals surface area contributed by atoms with Gasteiger partial charge in [-0.05, 0) is 105 Å². The second-order valence-electron chi connectivity index (χ2n) is 9.93. The molecule has 4 rings (SSSR count). The minimum atomic E-state index is -0.177. The van der Waals surface area contributed by atoms with Gasteiger partial charge in [0.15, 0.2) is 0 Å². The standard InChI is InChI=1S/C33H36O9/c34-13-22-1-23(14-35)8-31(7-22)40-19-28-4-29(20-41-32-9-24(15-36)2-25(10-32)16-37)6-30(5-28)21-42-33-11-26(17-38)3-27(12-33)18-39/h1-12,34-39H,13-21H2. The third-order valence-electron chi connectivity index (χ3n) is 6.50. The Bertz CT molecular complexity index is 1210. The first-order chi connectivity index (χ1) is 20.4. The van der Waals surface area contributed by atoms with Crippen LogP contribution in [0.3, 0.4) is 0 Å². The van der Waals surface area contributed by atoms with Gasteiger partial charge in [0.05, 0.1) is 39.6 Å². The Morgan fingerprint density at radius 2 is 0.476 bits per heavy atom. The molecule has 222 valence electrons. The second kappa shape index (κ2) is 15.3. The van der Waals surface area contributed by atoms with Crippen molar-refractivity contribution in [3.63, 3.8) is 0 Å². The Morgan fingerprint density at radius 3 is 0.667 bits per heavy atom. The van der Waals surface area contributed by atoms with Crippen LogP contribution in [0.5, 0.6) is 17.2 Å². The summed E-state index contributed by atoms with van der Waals surface area (Å²) >= 11 is 0. The lowest BCUT2D eigenvalue weighted by molar-refractivity contribution is 0.267. The fourth-order valence-electron chi connectivity index (χ4n) is 4.57. The van der Waals surface area contributed by atoms with E-state index < -0.39 is 0 Å². The molecule has 0 aliphatic heterocycles. The number of aliphatic hydroxyl groups excluding tert-OH is 6. The van der Waals surface area contributed by atoms with Crippen molar-refractivity contribution >= 4 is 0 Å². The molecule has 0 amide bonds. The van der Waals surface area contributed by atoms with Gasteiger partial charge < -0.3 is 44.8 Å². The largest absolute Gasteiger partial charge is 0.489 e. The van der Waals surface area contributed by atoms with Crippen molar-refractivity contribution in [2.45, 2.75) is 59.5 Å². The van der Waals surface area contributed by atoms with Crippen LogP contribution in [0.25, 0.3) is 0 Å². The first-order valence-electron chi connectivity index (χ1n) is 13.5. The summed E-state index contributed by atoms with van der Waals surface area (Å²) in [6, 6.07) is 21.2. The highest BCUT2D eigenvalue weighted by Gasteiger charge is 2.09. The number of aliphatic hydroxyl groups is 6. The van der Waals surface area contributed by atoms with E-state index in [0.29, 0.717) is 50.6 Å². The molecule has 0 saturated carbocycles. The lowest BCUT2D eigenvalue weighted by Crippen LogP contribution is -2.05. The molecule has 42 heavy (non-hydrogen) atoms. The topological polar surface area (TPSA) is 149 Å². The highest BCUT2D eigenvalue weighted by Crippen LogP contribution is 2.24. The number of rotatable bonds is 15. The van der Waals surface area contributed by atoms with E-state index in [4.69, 9.17) is 14.2 Å². The molecule has 0 saturated heterocycles. The third kappa shape index (κ3) is 8.77. The van der Waals surface area contributed by atoms with Crippen molar-refractivity contribution < 1.29 is 44.8 Å². The van der Waals surface area contributed by atoms with Crippen LogP contribution in [0.2, 0.25) is 0 Å². The van der Waals surface area contributed by atoms with Gasteiger partial charge in [-0.15, -0.1) is 0 Å². The van der Waals surface area contributed by atoms with Gasteiger partial charge in [0.1, 0.15) is 37.1 Å². The quantitative estimate of drug-likeness (QED) is 0.125. The normalized spacial score (nSPS) is 11.0. The van der Waals surface area contributed by atoms with E-state index in [1.54, 1.807) is 54.6 Å². The van der Waals surface area contributed by atoms with Gasteiger partial charge in [0, 0.05) is 0 Å². The van der Waals surface area contributed by atoms with Gasteiger partial charge in [-0.25, -0.2) is 0 Å². The molecule has 0 spiro atoms. The number of hydrogen-bond donors (Lipinski definition) is 6. The first kappa shape index (κ1) is 31.0. The highest BCUT2D eigenvalue weighted by atomic mass is 16.5. The minimum absolute atomic E-state index is 0.177. The average molecular weight is 577 g/mol. The van der Waals surface area contributed by atoms with Crippen molar-refractivity contribution in [1.29, 1.82) is 0 Å². The van der Waals surface area contributed by atoms with Gasteiger partial charge in [-0.1, -0.05) is 18.2 Å². The molecule has 0 aliphatic carbocycles. The predicted octanol–water partition coefficient (Wildman–Crippen LogP) is 3.38. The molecule has 0 fully saturated rings. The van der Waals surface area contributed by atoms with Gasteiger partial charge in [-0.2, -0.15) is 0 Å². The molecule has 0 aromatic heterocycles. The fraction of sp³-hybridized carbons (Fsp3) is 0.273. The van der Waals surface area contributed by atoms with Crippen LogP contribution in [0.15, 0.2) is 72.8 Å². The Hall–Kier alpha value is -3.96. The summed E-state index contributed by atoms with van der Waals surface area (Å²) in [5, 5.41) is 57.3. The number of hydrogen-bond acceptors (Lipinski definition) is 9. The first-order valence-corrected chi connectivity index (χ1v) is 13.5. The van der Waals surface area contributed by atoms with E-state index in [9.17, 15) is 30.6 Å². The Labute approximate surface area is 244 Å². The summed E-state index contributed by atoms with van der Waals surface area (Å²) in [5.74, 6) is 1.54. The van der Waals surface area contributed by atoms with E-state index in [2.05, 4.69) is 0 Å². The summed E-state index contributed by atoms with van der Waals surface area (Å²) in [6.07, 6.45) is 0. The zero-order valence-electron chi connectivity index (χ0n) is 23.2. The molecular weight excluding hydrogens is 540 g/mol. The molecule has 9 heteroatoms. The molecule has 0 bridgehead atoms. The molecule has 0 aliphatic rings. The summed E-state index contributed by atoms with van der Waals surface area (Å²) in [5.41, 5.74) is 6.28. The predicted molar refractivity (Wildman–Crippen MR) is 154 cm³/mol. The van der Waals surface area contributed by atoms with Gasteiger partial charge >= 0.3 is 0 Å². The molecule has 0 unspecified atom stereocenters. The maximum atomic E-state index is 9.56. The minimum Gasteiger partial charge on any atom is -0.489 e. The lowest BCUT2D eigenvalue weighted by Gasteiger charge is -2.15. The van der Waals surface area contributed by atoms with Crippen LogP contribution in [-0.4, -0.2) is 30.6 Å². The van der Waals surface area contributed by atoms with Crippen molar-refractivity contribution in [3.05, 3.63) is 123 Å². The van der Waals surface area contributed by atoms with E-state index in [-0.39, 0.29) is 59.5 Å². The van der Waals surface area contributed by atoms with Crippen LogP contribution < -0.4 is 14.2 Å². The van der Waals surface area contributed by atoms with Crippen molar-refractivity contribution in [2.24, 2.45) is 0 Å². The summed E-state index contributed by atoms with van der Waals surface area (Å²) in [4.78, 5) is 0. The number of ether oxygens (including phenoxy) is 3. The molecule has 4 aromatic rings. The molecule has 0 heterocycles. The molecule has 0 radical (unpaired) electrons. The van der Waals surface area contributed by atoms with Crippen LogP contribution in [0, 0.1) is 0 Å². The second-order valence-corrected chi connectivity index (χ2v) is 9.93. The van der Waals surface area contributed by atoms with Crippen LogP contribution in [0.1, 0.15) is 50.1 Å². The Balaban J connectivity index is 1.57. The zero-order valence-corrected chi connectivity index (χ0v) is 23.2. The van der Waals surface area contributed by atoms with Gasteiger partial charge in [-0.3, -0.25) is 0 Å². The molecule has 6 N–H and O–H groups in total. The van der Waals surface area contributed by atoms with E-state index in [1.807, 2.05) is 18.2 Å². The summed E-state index contributed by atoms with van der Waals surface area (Å²) < 4.78 is 18.1. The smallest absolute Gasteiger partial charge is 0.120 e.